The predicted octanol–water partition coefficient (Wildman–Crippen LogP) is 5.64. The highest BCUT2D eigenvalue weighted by Gasteiger charge is 2.43. The van der Waals surface area contributed by atoms with Gasteiger partial charge in [-0.25, -0.2) is 0 Å². The maximum atomic E-state index is 14.4. The number of nitrogens with zero attached hydrogens (tertiary/aromatic N) is 3. The predicted molar refractivity (Wildman–Crippen MR) is 239 cm³/mol. The van der Waals surface area contributed by atoms with Crippen molar-refractivity contribution in [2.75, 3.05) is 48.5 Å². The molecule has 4 amide bonds. The molecule has 0 spiro atoms. The van der Waals surface area contributed by atoms with E-state index >= 15 is 0 Å². The van der Waals surface area contributed by atoms with Crippen molar-refractivity contribution in [2.45, 2.75) is 130 Å². The van der Waals surface area contributed by atoms with Gasteiger partial charge in [-0.15, -0.1) is 0 Å². The first-order chi connectivity index (χ1) is 28.9. The molecule has 1 aliphatic heterocycles. The number of likely N-dealkylation sites (tertiary alicyclic amines) is 1. The number of ketones is 1. The van der Waals surface area contributed by atoms with Crippen molar-refractivity contribution >= 4 is 29.4 Å². The Bertz CT molecular complexity index is 1700. The standard InChI is InChI=1S/C48H75N5O8/c1-14-32(6)44(52(11)48(58)42(30(2)3)50-47(57)43(31(4)5)51(9)10)40(59-12)28-41(55)53-26-18-21-39(53)45(60-13)33(7)46(56)49-37(27-35-19-16-15-17-20-35)29-61-38-24-22-36(23-25-38)34(8)54/h15-17,19-20,22-25,30-33,37,39-40,42-45H,14,18,21,26-29H2,1-13H3,(H,49,56)(H,50,57). The summed E-state index contributed by atoms with van der Waals surface area (Å²) in [7, 11) is 8.60. The molecule has 0 aromatic heterocycles. The van der Waals surface area contributed by atoms with E-state index in [0.717, 1.165) is 18.4 Å². The van der Waals surface area contributed by atoms with E-state index in [1.54, 1.807) is 50.4 Å². The van der Waals surface area contributed by atoms with Crippen LogP contribution in [0.5, 0.6) is 5.75 Å². The van der Waals surface area contributed by atoms with Crippen molar-refractivity contribution in [1.82, 2.24) is 25.3 Å². The minimum Gasteiger partial charge on any atom is -0.491 e. The fourth-order valence-corrected chi connectivity index (χ4v) is 8.78. The molecule has 0 radical (unpaired) electrons. The monoisotopic (exact) mass is 850 g/mol. The lowest BCUT2D eigenvalue weighted by atomic mass is 9.89. The van der Waals surface area contributed by atoms with E-state index in [0.29, 0.717) is 30.7 Å². The quantitative estimate of drug-likeness (QED) is 0.128. The van der Waals surface area contributed by atoms with Crippen LogP contribution in [0.2, 0.25) is 0 Å². The average molecular weight is 850 g/mol. The number of hydrogen-bond donors (Lipinski definition) is 2. The van der Waals surface area contributed by atoms with Gasteiger partial charge in [-0.2, -0.15) is 0 Å². The molecule has 61 heavy (non-hydrogen) atoms. The second kappa shape index (κ2) is 24.3. The molecule has 2 N–H and O–H groups in total. The Labute approximate surface area is 365 Å². The lowest BCUT2D eigenvalue weighted by Gasteiger charge is -2.41. The lowest BCUT2D eigenvalue weighted by Crippen LogP contribution is -2.59. The fraction of sp³-hybridized carbons (Fsp3) is 0.646. The van der Waals surface area contributed by atoms with Crippen LogP contribution in [0.25, 0.3) is 0 Å². The third-order valence-electron chi connectivity index (χ3n) is 12.3. The minimum absolute atomic E-state index is 0.0231. The molecule has 340 valence electrons. The molecule has 9 atom stereocenters. The van der Waals surface area contributed by atoms with Crippen molar-refractivity contribution < 1.29 is 38.2 Å². The van der Waals surface area contributed by atoms with Gasteiger partial charge >= 0.3 is 0 Å². The van der Waals surface area contributed by atoms with E-state index in [-0.39, 0.29) is 72.3 Å². The summed E-state index contributed by atoms with van der Waals surface area (Å²) in [5.41, 5.74) is 1.63. The molecular weight excluding hydrogens is 775 g/mol. The summed E-state index contributed by atoms with van der Waals surface area (Å²) in [6.45, 7) is 16.0. The van der Waals surface area contributed by atoms with E-state index in [1.807, 2.05) is 95.8 Å². The number of benzene rings is 2. The summed E-state index contributed by atoms with van der Waals surface area (Å²) >= 11 is 0. The van der Waals surface area contributed by atoms with Crippen LogP contribution in [0.4, 0.5) is 0 Å². The number of rotatable bonds is 24. The number of carbonyl (C=O) groups excluding carboxylic acids is 5. The Hall–Kier alpha value is -4.33. The molecule has 13 heteroatoms. The van der Waals surface area contributed by atoms with Gasteiger partial charge in [-0.3, -0.25) is 28.9 Å². The Morgan fingerprint density at radius 3 is 2.00 bits per heavy atom. The van der Waals surface area contributed by atoms with Gasteiger partial charge in [-0.05, 0) is 87.9 Å². The minimum atomic E-state index is -0.769. The first-order valence-electron chi connectivity index (χ1n) is 22.0. The van der Waals surface area contributed by atoms with Crippen LogP contribution in [-0.4, -0.2) is 135 Å². The first kappa shape index (κ1) is 51.0. The maximum Gasteiger partial charge on any atom is 0.245 e. The van der Waals surface area contributed by atoms with Crippen molar-refractivity contribution in [3.05, 3.63) is 65.7 Å². The summed E-state index contributed by atoms with van der Waals surface area (Å²) in [4.78, 5) is 73.4. The second-order valence-corrected chi connectivity index (χ2v) is 17.8. The van der Waals surface area contributed by atoms with Gasteiger partial charge in [0.1, 0.15) is 18.4 Å². The molecule has 2 aromatic carbocycles. The SMILES string of the molecule is CCC(C)C(C(CC(=O)N1CCCC1C(OC)C(C)C(=O)NC(COc1ccc(C(C)=O)cc1)Cc1ccccc1)OC)N(C)C(=O)C(NC(=O)C(C(C)C)N(C)C)C(C)C. The van der Waals surface area contributed by atoms with Gasteiger partial charge in [0.2, 0.25) is 23.6 Å². The molecule has 2 aromatic rings. The average Bonchev–Trinajstić information content (AvgIpc) is 3.71. The van der Waals surface area contributed by atoms with E-state index in [2.05, 4.69) is 17.6 Å². The maximum absolute atomic E-state index is 14.4. The van der Waals surface area contributed by atoms with E-state index in [9.17, 15) is 24.0 Å². The molecule has 1 saturated heterocycles. The number of hydrogen-bond acceptors (Lipinski definition) is 9. The van der Waals surface area contributed by atoms with E-state index in [1.165, 1.54) is 6.92 Å². The Kier molecular flexibility index (Phi) is 20.4. The third-order valence-corrected chi connectivity index (χ3v) is 12.3. The summed E-state index contributed by atoms with van der Waals surface area (Å²) in [5.74, 6) is -1.01. The van der Waals surface area contributed by atoms with Crippen molar-refractivity contribution in [1.29, 1.82) is 0 Å². The zero-order valence-electron chi connectivity index (χ0n) is 39.1. The molecule has 13 nitrogen and oxygen atoms in total. The summed E-state index contributed by atoms with van der Waals surface area (Å²) in [6.07, 6.45) is 1.48. The van der Waals surface area contributed by atoms with Gasteiger partial charge in [0.15, 0.2) is 5.78 Å². The van der Waals surface area contributed by atoms with E-state index < -0.39 is 36.3 Å². The van der Waals surface area contributed by atoms with Crippen LogP contribution in [0.1, 0.15) is 97.0 Å². The van der Waals surface area contributed by atoms with Crippen molar-refractivity contribution in [3.8, 4) is 5.75 Å². The number of nitrogens with one attached hydrogen (secondary N) is 2. The van der Waals surface area contributed by atoms with Crippen LogP contribution in [0, 0.1) is 23.7 Å². The molecule has 0 bridgehead atoms. The zero-order valence-corrected chi connectivity index (χ0v) is 39.1. The van der Waals surface area contributed by atoms with Crippen LogP contribution < -0.4 is 15.4 Å². The lowest BCUT2D eigenvalue weighted by molar-refractivity contribution is -0.148. The molecule has 1 fully saturated rings. The summed E-state index contributed by atoms with van der Waals surface area (Å²) in [6, 6.07) is 14.4. The highest BCUT2D eigenvalue weighted by molar-refractivity contribution is 5.94. The number of carbonyl (C=O) groups is 5. The van der Waals surface area contributed by atoms with Crippen molar-refractivity contribution in [3.63, 3.8) is 0 Å². The zero-order chi connectivity index (χ0) is 45.6. The Morgan fingerprint density at radius 1 is 0.836 bits per heavy atom. The van der Waals surface area contributed by atoms with Crippen LogP contribution in [0.15, 0.2) is 54.6 Å². The molecule has 0 saturated carbocycles. The Morgan fingerprint density at radius 2 is 1.48 bits per heavy atom. The van der Waals surface area contributed by atoms with Gasteiger partial charge in [0.25, 0.3) is 0 Å². The van der Waals surface area contributed by atoms with Crippen LogP contribution in [0.3, 0.4) is 0 Å². The van der Waals surface area contributed by atoms with E-state index in [4.69, 9.17) is 14.2 Å². The van der Waals surface area contributed by atoms with Crippen LogP contribution >= 0.6 is 0 Å². The van der Waals surface area contributed by atoms with Gasteiger partial charge < -0.3 is 34.6 Å². The molecule has 9 unspecified atom stereocenters. The second-order valence-electron chi connectivity index (χ2n) is 17.8. The number of ether oxygens (including phenoxy) is 3. The fourth-order valence-electron chi connectivity index (χ4n) is 8.78. The van der Waals surface area contributed by atoms with Crippen LogP contribution in [-0.2, 0) is 35.1 Å². The molecular formula is C48H75N5O8. The number of methoxy groups -OCH3 is 2. The number of likely N-dealkylation sites (N-methyl/N-ethyl adjacent to an activating group) is 2. The molecule has 1 heterocycles. The topological polar surface area (TPSA) is 147 Å². The molecule has 3 rings (SSSR count). The molecule has 0 aliphatic carbocycles. The van der Waals surface area contributed by atoms with Crippen molar-refractivity contribution in [2.24, 2.45) is 23.7 Å². The highest BCUT2D eigenvalue weighted by atomic mass is 16.5. The summed E-state index contributed by atoms with van der Waals surface area (Å²) < 4.78 is 18.2. The van der Waals surface area contributed by atoms with Gasteiger partial charge in [-0.1, -0.05) is 85.2 Å². The number of amides is 4. The Balaban J connectivity index is 1.79. The first-order valence-corrected chi connectivity index (χ1v) is 22.0. The largest absolute Gasteiger partial charge is 0.491 e. The van der Waals surface area contributed by atoms with Gasteiger partial charge in [0, 0.05) is 33.4 Å². The number of Topliss-reactive ketones (excluding diaryl/α,β-unsaturated/α-hetero) is 1. The smallest absolute Gasteiger partial charge is 0.245 e. The van der Waals surface area contributed by atoms with Gasteiger partial charge in [0.05, 0.1) is 48.7 Å². The third kappa shape index (κ3) is 14.1. The highest BCUT2D eigenvalue weighted by Crippen LogP contribution is 2.30. The summed E-state index contributed by atoms with van der Waals surface area (Å²) in [5, 5.41) is 6.25. The normalized spacial score (nSPS) is 18.2. The molecule has 1 aliphatic rings.